The summed E-state index contributed by atoms with van der Waals surface area (Å²) in [4.78, 5) is 14.6. The van der Waals surface area contributed by atoms with Crippen LogP contribution in [-0.2, 0) is 0 Å². The van der Waals surface area contributed by atoms with Crippen LogP contribution in [0.1, 0.15) is 25.7 Å². The topological polar surface area (TPSA) is 126 Å². The number of nitrogens with two attached hydrogens (primary N) is 1. The average molecular weight is 281 g/mol. The molecule has 0 amide bonds. The average Bonchev–Trinajstić information content (AvgIpc) is 2.94. The highest BCUT2D eigenvalue weighted by atomic mass is 16.6. The van der Waals surface area contributed by atoms with Crippen LogP contribution in [0.25, 0.3) is 0 Å². The lowest BCUT2D eigenvalue weighted by atomic mass is 9.87. The zero-order valence-electron chi connectivity index (χ0n) is 11.1. The fraction of sp³-hybridized carbons (Fsp3) is 0.583. The van der Waals surface area contributed by atoms with Gasteiger partial charge in [0.05, 0.1) is 11.5 Å². The summed E-state index contributed by atoms with van der Waals surface area (Å²) in [5, 5.41) is 23.5. The van der Waals surface area contributed by atoms with E-state index in [-0.39, 0.29) is 23.5 Å². The predicted octanol–water partition coefficient (Wildman–Crippen LogP) is 1.24. The summed E-state index contributed by atoms with van der Waals surface area (Å²) >= 11 is 0. The molecule has 0 bridgehead atoms. The number of hydrogen-bond acceptors (Lipinski definition) is 7. The molecule has 5 N–H and O–H groups in total. The van der Waals surface area contributed by atoms with E-state index in [2.05, 4.69) is 15.7 Å². The minimum Gasteiger partial charge on any atom is -0.396 e. The van der Waals surface area contributed by atoms with E-state index < -0.39 is 4.92 Å². The molecule has 8 nitrogen and oxygen atoms in total. The fourth-order valence-corrected chi connectivity index (χ4v) is 2.60. The first kappa shape index (κ1) is 14.5. The Balaban J connectivity index is 2.16. The first-order chi connectivity index (χ1) is 9.60. The van der Waals surface area contributed by atoms with Crippen LogP contribution in [0.3, 0.4) is 0 Å². The molecule has 0 unspecified atom stereocenters. The first-order valence-electron chi connectivity index (χ1n) is 6.57. The molecule has 0 radical (unpaired) electrons. The van der Waals surface area contributed by atoms with Gasteiger partial charge in [-0.1, -0.05) is 12.8 Å². The third-order valence-corrected chi connectivity index (χ3v) is 3.85. The lowest BCUT2D eigenvalue weighted by molar-refractivity contribution is -0.384. The zero-order valence-corrected chi connectivity index (χ0v) is 11.1. The summed E-state index contributed by atoms with van der Waals surface area (Å²) in [7, 11) is 0. The number of nitrogens with zero attached hydrogens (tertiary/aromatic N) is 2. The number of aliphatic hydroxyl groups is 1. The highest BCUT2D eigenvalue weighted by molar-refractivity contribution is 5.60. The number of nitrogen functional groups attached to an aromatic ring is 1. The van der Waals surface area contributed by atoms with Crippen LogP contribution in [-0.4, -0.2) is 28.2 Å². The molecule has 0 atom stereocenters. The zero-order chi connectivity index (χ0) is 14.6. The van der Waals surface area contributed by atoms with Gasteiger partial charge in [0.15, 0.2) is 0 Å². The Morgan fingerprint density at radius 3 is 2.70 bits per heavy atom. The van der Waals surface area contributed by atoms with E-state index >= 15 is 0 Å². The number of rotatable bonds is 6. The van der Waals surface area contributed by atoms with Crippen LogP contribution in [0.4, 0.5) is 17.3 Å². The van der Waals surface area contributed by atoms with Gasteiger partial charge < -0.3 is 15.8 Å². The molecule has 1 saturated carbocycles. The molecule has 1 heterocycles. The maximum atomic E-state index is 11.0. The van der Waals surface area contributed by atoms with Crippen molar-refractivity contribution >= 4 is 17.3 Å². The lowest BCUT2D eigenvalue weighted by Crippen LogP contribution is -2.31. The van der Waals surface area contributed by atoms with Crippen LogP contribution in [0.2, 0.25) is 0 Å². The van der Waals surface area contributed by atoms with E-state index in [0.717, 1.165) is 25.7 Å². The highest BCUT2D eigenvalue weighted by Gasteiger charge is 2.33. The summed E-state index contributed by atoms with van der Waals surface area (Å²) in [6.45, 7) is 0.536. The Morgan fingerprint density at radius 2 is 2.15 bits per heavy atom. The first-order valence-corrected chi connectivity index (χ1v) is 6.57. The van der Waals surface area contributed by atoms with Crippen molar-refractivity contribution in [3.8, 4) is 0 Å². The van der Waals surface area contributed by atoms with Crippen molar-refractivity contribution in [3.63, 3.8) is 0 Å². The van der Waals surface area contributed by atoms with Crippen LogP contribution in [0.15, 0.2) is 12.1 Å². The molecule has 0 aliphatic heterocycles. The Hall–Kier alpha value is -1.93. The second kappa shape index (κ2) is 6.02. The largest absolute Gasteiger partial charge is 0.396 e. The number of anilines is 2. The minimum atomic E-state index is -0.490. The molecule has 2 rings (SSSR count). The Morgan fingerprint density at radius 1 is 1.45 bits per heavy atom. The smallest absolute Gasteiger partial charge is 0.311 e. The van der Waals surface area contributed by atoms with E-state index in [1.54, 1.807) is 0 Å². The van der Waals surface area contributed by atoms with Crippen molar-refractivity contribution in [2.24, 2.45) is 11.3 Å². The Bertz CT molecular complexity index is 488. The summed E-state index contributed by atoms with van der Waals surface area (Å²) in [6, 6.07) is 2.80. The number of nitrogens with one attached hydrogen (secondary N) is 2. The molecule has 8 heteroatoms. The number of aromatic nitrogens is 1. The summed E-state index contributed by atoms with van der Waals surface area (Å²) in [5.41, 5.74) is 2.05. The second-order valence-electron chi connectivity index (χ2n) is 5.18. The third kappa shape index (κ3) is 2.97. The van der Waals surface area contributed by atoms with E-state index in [1.165, 1.54) is 12.1 Å². The van der Waals surface area contributed by atoms with E-state index in [1.807, 2.05) is 0 Å². The summed E-state index contributed by atoms with van der Waals surface area (Å²) in [6.07, 6.45) is 3.97. The molecule has 1 aliphatic rings. The summed E-state index contributed by atoms with van der Waals surface area (Å²) < 4.78 is 0. The van der Waals surface area contributed by atoms with Crippen LogP contribution in [0.5, 0.6) is 0 Å². The quantitative estimate of drug-likeness (QED) is 0.351. The number of pyridine rings is 1. The van der Waals surface area contributed by atoms with Gasteiger partial charge in [0.25, 0.3) is 0 Å². The molecule has 0 saturated heterocycles. The fourth-order valence-electron chi connectivity index (χ4n) is 2.60. The van der Waals surface area contributed by atoms with Gasteiger partial charge in [0.1, 0.15) is 5.82 Å². The SMILES string of the molecule is NNc1ccc([N+](=O)[O-])c(NCC2(CO)CCCC2)n1. The summed E-state index contributed by atoms with van der Waals surface area (Å²) in [5.74, 6) is 5.79. The molecular formula is C12H19N5O3. The van der Waals surface area contributed by atoms with Crippen LogP contribution < -0.4 is 16.6 Å². The van der Waals surface area contributed by atoms with Gasteiger partial charge in [-0.15, -0.1) is 0 Å². The van der Waals surface area contributed by atoms with Crippen LogP contribution in [0, 0.1) is 15.5 Å². The van der Waals surface area contributed by atoms with Gasteiger partial charge in [-0.25, -0.2) is 10.8 Å². The van der Waals surface area contributed by atoms with Crippen molar-refractivity contribution in [3.05, 3.63) is 22.2 Å². The van der Waals surface area contributed by atoms with Gasteiger partial charge in [-0.3, -0.25) is 10.1 Å². The van der Waals surface area contributed by atoms with Crippen LogP contribution >= 0.6 is 0 Å². The Kier molecular flexibility index (Phi) is 4.35. The van der Waals surface area contributed by atoms with Crippen molar-refractivity contribution in [1.82, 2.24) is 4.98 Å². The highest BCUT2D eigenvalue weighted by Crippen LogP contribution is 2.38. The second-order valence-corrected chi connectivity index (χ2v) is 5.18. The van der Waals surface area contributed by atoms with E-state index in [0.29, 0.717) is 12.4 Å². The van der Waals surface area contributed by atoms with Crippen molar-refractivity contribution in [2.45, 2.75) is 25.7 Å². The minimum absolute atomic E-state index is 0.0721. The van der Waals surface area contributed by atoms with E-state index in [4.69, 9.17) is 5.84 Å². The molecule has 20 heavy (non-hydrogen) atoms. The number of nitro groups is 1. The van der Waals surface area contributed by atoms with Gasteiger partial charge in [-0.2, -0.15) is 0 Å². The number of hydrazine groups is 1. The lowest BCUT2D eigenvalue weighted by Gasteiger charge is -2.26. The molecule has 0 aromatic carbocycles. The molecule has 110 valence electrons. The molecule has 1 aliphatic carbocycles. The van der Waals surface area contributed by atoms with E-state index in [9.17, 15) is 15.2 Å². The molecule has 1 aromatic rings. The molecule has 1 aromatic heterocycles. The molecular weight excluding hydrogens is 262 g/mol. The number of aliphatic hydroxyl groups excluding tert-OH is 1. The maximum absolute atomic E-state index is 11.0. The standard InChI is InChI=1S/C12H19N5O3/c13-16-10-4-3-9(17(19)20)11(15-10)14-7-12(8-18)5-1-2-6-12/h3-4,18H,1-2,5-8,13H2,(H2,14,15,16). The molecule has 0 spiro atoms. The van der Waals surface area contributed by atoms with Gasteiger partial charge in [-0.05, 0) is 18.9 Å². The normalized spacial score (nSPS) is 16.9. The number of hydrogen-bond donors (Lipinski definition) is 4. The van der Waals surface area contributed by atoms with Gasteiger partial charge >= 0.3 is 5.69 Å². The monoisotopic (exact) mass is 281 g/mol. The van der Waals surface area contributed by atoms with Gasteiger partial charge in [0, 0.05) is 18.0 Å². The van der Waals surface area contributed by atoms with Crippen molar-refractivity contribution in [1.29, 1.82) is 0 Å². The third-order valence-electron chi connectivity index (χ3n) is 3.85. The Labute approximate surface area is 116 Å². The van der Waals surface area contributed by atoms with Crippen molar-refractivity contribution < 1.29 is 10.0 Å². The van der Waals surface area contributed by atoms with Gasteiger partial charge in [0.2, 0.25) is 5.82 Å². The maximum Gasteiger partial charge on any atom is 0.311 e. The molecule has 1 fully saturated rings. The van der Waals surface area contributed by atoms with Crippen molar-refractivity contribution in [2.75, 3.05) is 23.9 Å². The predicted molar refractivity (Wildman–Crippen MR) is 75.2 cm³/mol.